The number of quaternary nitrogens is 1. The molecule has 0 bridgehead atoms. The zero-order valence-corrected chi connectivity index (χ0v) is 8.78. The maximum absolute atomic E-state index is 11.5. The molecule has 4 nitrogen and oxygen atoms in total. The lowest BCUT2D eigenvalue weighted by Crippen LogP contribution is -3.00. The largest absolute Gasteiger partial charge is 1.00 e. The molecule has 0 aliphatic carbocycles. The Balaban J connectivity index is 0.00000196. The monoisotopic (exact) mass is 229 g/mol. The number of halogens is 1. The maximum atomic E-state index is 11.5. The third-order valence-corrected chi connectivity index (χ3v) is 1.88. The maximum Gasteiger partial charge on any atom is 0.362 e. The summed E-state index contributed by atoms with van der Waals surface area (Å²) in [4.78, 5) is 21.9. The van der Waals surface area contributed by atoms with Gasteiger partial charge in [0.1, 0.15) is 0 Å². The summed E-state index contributed by atoms with van der Waals surface area (Å²) >= 11 is 0. The Hall–Kier alpha value is -1.39. The van der Waals surface area contributed by atoms with Crippen LogP contribution < -0.4 is 18.1 Å². The van der Waals surface area contributed by atoms with Crippen LogP contribution in [0.25, 0.3) is 0 Å². The molecule has 0 aliphatic heterocycles. The summed E-state index contributed by atoms with van der Waals surface area (Å²) in [5, 5.41) is 8.56. The van der Waals surface area contributed by atoms with Crippen LogP contribution in [-0.4, -0.2) is 22.9 Å². The number of rotatable bonds is 4. The van der Waals surface area contributed by atoms with Gasteiger partial charge in [0.2, 0.25) is 0 Å². The van der Waals surface area contributed by atoms with E-state index in [9.17, 15) is 9.59 Å². The molecule has 82 valence electrons. The summed E-state index contributed by atoms with van der Waals surface area (Å²) < 4.78 is 0. The van der Waals surface area contributed by atoms with Crippen molar-refractivity contribution in [2.75, 3.05) is 0 Å². The lowest BCUT2D eigenvalue weighted by Gasteiger charge is -2.02. The second-order valence-corrected chi connectivity index (χ2v) is 3.03. The minimum Gasteiger partial charge on any atom is -1.00 e. The molecule has 0 fully saturated rings. The van der Waals surface area contributed by atoms with Crippen LogP contribution >= 0.6 is 0 Å². The van der Waals surface area contributed by atoms with Gasteiger partial charge < -0.3 is 23.2 Å². The number of carboxylic acid groups (broad SMARTS) is 1. The van der Waals surface area contributed by atoms with Crippen LogP contribution in [0.3, 0.4) is 0 Å². The number of benzene rings is 1. The Morgan fingerprint density at radius 1 is 1.27 bits per heavy atom. The van der Waals surface area contributed by atoms with E-state index in [0.29, 0.717) is 5.56 Å². The van der Waals surface area contributed by atoms with Crippen LogP contribution in [0, 0.1) is 0 Å². The van der Waals surface area contributed by atoms with Crippen molar-refractivity contribution in [3.63, 3.8) is 0 Å². The normalized spacial score (nSPS) is 11.3. The number of carbonyl (C=O) groups excluding carboxylic acids is 1. The summed E-state index contributed by atoms with van der Waals surface area (Å²) in [6, 6.07) is 7.74. The van der Waals surface area contributed by atoms with Crippen molar-refractivity contribution in [1.82, 2.24) is 0 Å². The molecule has 0 heterocycles. The Morgan fingerprint density at radius 2 is 1.80 bits per heavy atom. The second kappa shape index (κ2) is 6.16. The van der Waals surface area contributed by atoms with Gasteiger partial charge in [-0.2, -0.15) is 0 Å². The first-order valence-corrected chi connectivity index (χ1v) is 4.25. The second-order valence-electron chi connectivity index (χ2n) is 3.03. The quantitative estimate of drug-likeness (QED) is 0.539. The van der Waals surface area contributed by atoms with Gasteiger partial charge in [-0.25, -0.2) is 4.79 Å². The number of hydrogen-bond donors (Lipinski definition) is 2. The molecule has 0 aromatic heterocycles. The van der Waals surface area contributed by atoms with Crippen molar-refractivity contribution in [3.05, 3.63) is 35.9 Å². The first kappa shape index (κ1) is 13.6. The van der Waals surface area contributed by atoms with E-state index in [0.717, 1.165) is 0 Å². The fourth-order valence-electron chi connectivity index (χ4n) is 1.05. The predicted octanol–water partition coefficient (Wildman–Crippen LogP) is -3.04. The number of ketones is 1. The van der Waals surface area contributed by atoms with E-state index < -0.39 is 12.0 Å². The molecule has 15 heavy (non-hydrogen) atoms. The Labute approximate surface area is 93.5 Å². The number of carboxylic acids is 1. The molecule has 1 rings (SSSR count). The lowest BCUT2D eigenvalue weighted by atomic mass is 10.0. The highest BCUT2D eigenvalue weighted by Gasteiger charge is 2.20. The highest BCUT2D eigenvalue weighted by atomic mass is 35.5. The van der Waals surface area contributed by atoms with Crippen LogP contribution in [-0.2, 0) is 4.79 Å². The highest BCUT2D eigenvalue weighted by Crippen LogP contribution is 2.03. The van der Waals surface area contributed by atoms with Crippen molar-refractivity contribution in [2.45, 2.75) is 12.5 Å². The standard InChI is InChI=1S/C10H11NO3.ClH/c11-8(10(13)14)6-9(12)7-4-2-1-3-5-7;/h1-5,8H,6,11H2,(H,13,14);1H/t8-;/m0./s1. The molecular weight excluding hydrogens is 218 g/mol. The summed E-state index contributed by atoms with van der Waals surface area (Å²) in [5.74, 6) is -1.23. The van der Waals surface area contributed by atoms with E-state index in [-0.39, 0.29) is 24.6 Å². The highest BCUT2D eigenvalue weighted by molar-refractivity contribution is 5.98. The number of Topliss-reactive ketones (excluding diaryl/α,β-unsaturated/α-hetero) is 1. The molecule has 1 aromatic carbocycles. The molecule has 4 N–H and O–H groups in total. The zero-order chi connectivity index (χ0) is 10.6. The first-order chi connectivity index (χ1) is 6.61. The molecule has 0 radical (unpaired) electrons. The molecule has 0 amide bonds. The lowest BCUT2D eigenvalue weighted by molar-refractivity contribution is -0.405. The average molecular weight is 230 g/mol. The van der Waals surface area contributed by atoms with E-state index in [1.807, 2.05) is 0 Å². The van der Waals surface area contributed by atoms with Crippen molar-refractivity contribution in [1.29, 1.82) is 0 Å². The van der Waals surface area contributed by atoms with Crippen LogP contribution in [0.5, 0.6) is 0 Å². The van der Waals surface area contributed by atoms with Crippen molar-refractivity contribution in [3.8, 4) is 0 Å². The Bertz CT molecular complexity index is 340. The Kier molecular flexibility index (Phi) is 5.59. The number of hydrogen-bond acceptors (Lipinski definition) is 2. The van der Waals surface area contributed by atoms with Crippen LogP contribution in [0.4, 0.5) is 0 Å². The minimum absolute atomic E-state index is 0. The summed E-state index contributed by atoms with van der Waals surface area (Å²) in [7, 11) is 0. The van der Waals surface area contributed by atoms with E-state index in [1.54, 1.807) is 30.3 Å². The minimum atomic E-state index is -1.05. The topological polar surface area (TPSA) is 82.0 Å². The zero-order valence-electron chi connectivity index (χ0n) is 8.02. The van der Waals surface area contributed by atoms with Gasteiger partial charge >= 0.3 is 5.97 Å². The fraction of sp³-hybridized carbons (Fsp3) is 0.200. The third kappa shape index (κ3) is 4.10. The molecule has 0 saturated carbocycles. The molecule has 0 unspecified atom stereocenters. The SMILES string of the molecule is [Cl-].[NH3+][C@@H](CC(=O)c1ccccc1)C(=O)O. The van der Waals surface area contributed by atoms with Gasteiger partial charge in [-0.3, -0.25) is 4.79 Å². The van der Waals surface area contributed by atoms with Crippen LogP contribution in [0.15, 0.2) is 30.3 Å². The van der Waals surface area contributed by atoms with E-state index in [1.165, 1.54) is 0 Å². The van der Waals surface area contributed by atoms with Gasteiger partial charge in [-0.05, 0) is 0 Å². The van der Waals surface area contributed by atoms with Crippen molar-refractivity contribution in [2.24, 2.45) is 0 Å². The van der Waals surface area contributed by atoms with Crippen molar-refractivity contribution >= 4 is 11.8 Å². The fourth-order valence-corrected chi connectivity index (χ4v) is 1.05. The van der Waals surface area contributed by atoms with Crippen LogP contribution in [0.2, 0.25) is 0 Å². The van der Waals surface area contributed by atoms with Gasteiger partial charge in [-0.1, -0.05) is 30.3 Å². The van der Waals surface area contributed by atoms with Crippen LogP contribution in [0.1, 0.15) is 16.8 Å². The Morgan fingerprint density at radius 3 is 2.27 bits per heavy atom. The van der Waals surface area contributed by atoms with Gasteiger partial charge in [0.15, 0.2) is 11.8 Å². The van der Waals surface area contributed by atoms with Gasteiger partial charge in [-0.15, -0.1) is 0 Å². The first-order valence-electron chi connectivity index (χ1n) is 4.25. The smallest absolute Gasteiger partial charge is 0.362 e. The molecule has 0 aliphatic rings. The molecular formula is C10H12ClNO3. The molecule has 1 atom stereocenters. The predicted molar refractivity (Wildman–Crippen MR) is 49.7 cm³/mol. The number of carbonyl (C=O) groups is 2. The van der Waals surface area contributed by atoms with E-state index >= 15 is 0 Å². The van der Waals surface area contributed by atoms with Gasteiger partial charge in [0.05, 0.1) is 6.42 Å². The average Bonchev–Trinajstić information content (AvgIpc) is 2.19. The summed E-state index contributed by atoms with van der Waals surface area (Å²) in [6.07, 6.45) is -0.0562. The van der Waals surface area contributed by atoms with Gasteiger partial charge in [0.25, 0.3) is 0 Å². The summed E-state index contributed by atoms with van der Waals surface area (Å²) in [6.45, 7) is 0. The van der Waals surface area contributed by atoms with E-state index in [2.05, 4.69) is 5.73 Å². The summed E-state index contributed by atoms with van der Waals surface area (Å²) in [5.41, 5.74) is 3.91. The molecule has 0 saturated heterocycles. The van der Waals surface area contributed by atoms with E-state index in [4.69, 9.17) is 5.11 Å². The molecule has 1 aromatic rings. The van der Waals surface area contributed by atoms with Gasteiger partial charge in [0, 0.05) is 5.56 Å². The number of aliphatic carboxylic acids is 1. The molecule has 5 heteroatoms. The molecule has 0 spiro atoms. The van der Waals surface area contributed by atoms with Crippen molar-refractivity contribution < 1.29 is 32.8 Å². The third-order valence-electron chi connectivity index (χ3n) is 1.88.